The Labute approximate surface area is 106 Å². The number of carboxylic acid groups (broad SMARTS) is 1. The third-order valence-corrected chi connectivity index (χ3v) is 3.48. The fourth-order valence-electron chi connectivity index (χ4n) is 1.45. The summed E-state index contributed by atoms with van der Waals surface area (Å²) in [6, 6.07) is 7.66. The number of carboxylic acids is 1. The fourth-order valence-corrected chi connectivity index (χ4v) is 2.47. The Morgan fingerprint density at radius 2 is 1.94 bits per heavy atom. The third kappa shape index (κ3) is 4.82. The Kier molecular flexibility index (Phi) is 5.26. The Hall–Kier alpha value is -1.44. The molecule has 1 aromatic rings. The molecule has 1 aromatic carbocycles. The van der Waals surface area contributed by atoms with Crippen molar-refractivity contribution in [1.82, 2.24) is 9.44 Å². The normalized spacial score (nSPS) is 13.2. The second-order valence-corrected chi connectivity index (χ2v) is 5.23. The summed E-state index contributed by atoms with van der Waals surface area (Å²) in [4.78, 5) is 11.0. The molecule has 0 fully saturated rings. The van der Waals surface area contributed by atoms with Crippen molar-refractivity contribution in [2.75, 3.05) is 6.54 Å². The van der Waals surface area contributed by atoms with Gasteiger partial charge in [-0.05, 0) is 12.0 Å². The van der Waals surface area contributed by atoms with Gasteiger partial charge in [-0.2, -0.15) is 13.1 Å². The molecule has 3 N–H and O–H groups in total. The highest BCUT2D eigenvalue weighted by Gasteiger charge is 2.23. The molecule has 0 unspecified atom stereocenters. The minimum absolute atomic E-state index is 0.0980. The SMILES string of the molecule is CCNS(=O)(=O)N[C@@H](Cc1ccccc1)C(=O)O. The summed E-state index contributed by atoms with van der Waals surface area (Å²) in [6.45, 7) is 1.82. The lowest BCUT2D eigenvalue weighted by molar-refractivity contribution is -0.138. The molecule has 7 heteroatoms. The van der Waals surface area contributed by atoms with Crippen molar-refractivity contribution in [2.45, 2.75) is 19.4 Å². The molecular weight excluding hydrogens is 256 g/mol. The molecule has 0 aliphatic rings. The van der Waals surface area contributed by atoms with Crippen LogP contribution < -0.4 is 9.44 Å². The van der Waals surface area contributed by atoms with Gasteiger partial charge in [0.15, 0.2) is 0 Å². The van der Waals surface area contributed by atoms with Gasteiger partial charge in [-0.15, -0.1) is 0 Å². The fraction of sp³-hybridized carbons (Fsp3) is 0.364. The van der Waals surface area contributed by atoms with Gasteiger partial charge in [-0.25, -0.2) is 4.72 Å². The molecule has 0 aliphatic heterocycles. The van der Waals surface area contributed by atoms with Crippen LogP contribution in [0.1, 0.15) is 12.5 Å². The van der Waals surface area contributed by atoms with Crippen LogP contribution in [0.15, 0.2) is 30.3 Å². The lowest BCUT2D eigenvalue weighted by Gasteiger charge is -2.14. The highest BCUT2D eigenvalue weighted by atomic mass is 32.2. The summed E-state index contributed by atoms with van der Waals surface area (Å²) in [5, 5.41) is 9.01. The Balaban J connectivity index is 2.76. The van der Waals surface area contributed by atoms with Crippen LogP contribution in [0, 0.1) is 0 Å². The van der Waals surface area contributed by atoms with Gasteiger partial charge in [0.1, 0.15) is 6.04 Å². The zero-order valence-electron chi connectivity index (χ0n) is 9.96. The minimum atomic E-state index is -3.78. The first-order valence-corrected chi connectivity index (χ1v) is 6.96. The van der Waals surface area contributed by atoms with Crippen LogP contribution in [0.5, 0.6) is 0 Å². The molecule has 0 radical (unpaired) electrons. The molecule has 0 aromatic heterocycles. The van der Waals surface area contributed by atoms with Gasteiger partial charge in [-0.1, -0.05) is 37.3 Å². The van der Waals surface area contributed by atoms with E-state index in [2.05, 4.69) is 9.44 Å². The summed E-state index contributed by atoms with van der Waals surface area (Å²) in [5.74, 6) is -1.21. The van der Waals surface area contributed by atoms with E-state index in [9.17, 15) is 13.2 Å². The molecule has 6 nitrogen and oxygen atoms in total. The monoisotopic (exact) mass is 272 g/mol. The van der Waals surface area contributed by atoms with E-state index >= 15 is 0 Å². The van der Waals surface area contributed by atoms with Crippen molar-refractivity contribution in [3.05, 3.63) is 35.9 Å². The maximum Gasteiger partial charge on any atom is 0.322 e. The minimum Gasteiger partial charge on any atom is -0.480 e. The molecule has 18 heavy (non-hydrogen) atoms. The number of benzene rings is 1. The smallest absolute Gasteiger partial charge is 0.322 e. The van der Waals surface area contributed by atoms with Gasteiger partial charge in [0.25, 0.3) is 10.2 Å². The van der Waals surface area contributed by atoms with Crippen molar-refractivity contribution in [1.29, 1.82) is 0 Å². The van der Waals surface area contributed by atoms with Crippen LogP contribution in [-0.2, 0) is 21.4 Å². The quantitative estimate of drug-likeness (QED) is 0.657. The lowest BCUT2D eigenvalue weighted by Crippen LogP contribution is -2.47. The average Bonchev–Trinajstić information content (AvgIpc) is 2.29. The predicted molar refractivity (Wildman–Crippen MR) is 67.3 cm³/mol. The summed E-state index contributed by atoms with van der Waals surface area (Å²) in [7, 11) is -3.78. The topological polar surface area (TPSA) is 95.5 Å². The number of carbonyl (C=O) groups is 1. The van der Waals surface area contributed by atoms with E-state index in [0.29, 0.717) is 0 Å². The van der Waals surface area contributed by atoms with Crippen LogP contribution in [0.25, 0.3) is 0 Å². The first-order valence-electron chi connectivity index (χ1n) is 5.48. The molecule has 1 atom stereocenters. The summed E-state index contributed by atoms with van der Waals surface area (Å²) in [5.41, 5.74) is 0.754. The first-order chi connectivity index (χ1) is 8.44. The van der Waals surface area contributed by atoms with E-state index in [4.69, 9.17) is 5.11 Å². The van der Waals surface area contributed by atoms with Gasteiger partial charge in [0.2, 0.25) is 0 Å². The Morgan fingerprint density at radius 3 is 2.44 bits per heavy atom. The number of nitrogens with one attached hydrogen (secondary N) is 2. The maximum absolute atomic E-state index is 11.5. The van der Waals surface area contributed by atoms with Crippen LogP contribution in [0.4, 0.5) is 0 Å². The molecule has 0 bridgehead atoms. The van der Waals surface area contributed by atoms with Gasteiger partial charge in [-0.3, -0.25) is 4.79 Å². The van der Waals surface area contributed by atoms with Crippen molar-refractivity contribution >= 4 is 16.2 Å². The predicted octanol–water partition coefficient (Wildman–Crippen LogP) is 0.126. The average molecular weight is 272 g/mol. The molecule has 0 saturated carbocycles. The lowest BCUT2D eigenvalue weighted by atomic mass is 10.1. The first kappa shape index (κ1) is 14.6. The van der Waals surface area contributed by atoms with Crippen molar-refractivity contribution < 1.29 is 18.3 Å². The molecule has 100 valence electrons. The standard InChI is InChI=1S/C11H16N2O4S/c1-2-12-18(16,17)13-10(11(14)15)8-9-6-4-3-5-7-9/h3-7,10,12-13H,2,8H2,1H3,(H,14,15)/t10-/m0/s1. The molecule has 0 heterocycles. The highest BCUT2D eigenvalue weighted by molar-refractivity contribution is 7.87. The highest BCUT2D eigenvalue weighted by Crippen LogP contribution is 2.04. The van der Waals surface area contributed by atoms with Crippen molar-refractivity contribution in [3.63, 3.8) is 0 Å². The van der Waals surface area contributed by atoms with Crippen LogP contribution in [-0.4, -0.2) is 32.1 Å². The van der Waals surface area contributed by atoms with Gasteiger partial charge >= 0.3 is 5.97 Å². The summed E-state index contributed by atoms with van der Waals surface area (Å²) < 4.78 is 27.2. The van der Waals surface area contributed by atoms with E-state index in [-0.39, 0.29) is 13.0 Å². The van der Waals surface area contributed by atoms with Crippen LogP contribution in [0.2, 0.25) is 0 Å². The van der Waals surface area contributed by atoms with Gasteiger partial charge in [0, 0.05) is 6.54 Å². The number of hydrogen-bond acceptors (Lipinski definition) is 3. The molecule has 0 amide bonds. The van der Waals surface area contributed by atoms with Crippen LogP contribution >= 0.6 is 0 Å². The van der Waals surface area contributed by atoms with E-state index in [1.165, 1.54) is 0 Å². The Morgan fingerprint density at radius 1 is 1.33 bits per heavy atom. The number of aliphatic carboxylic acids is 1. The second-order valence-electron chi connectivity index (χ2n) is 3.70. The number of hydrogen-bond donors (Lipinski definition) is 3. The Bertz CT molecular complexity index is 487. The van der Waals surface area contributed by atoms with Crippen molar-refractivity contribution in [3.8, 4) is 0 Å². The van der Waals surface area contributed by atoms with E-state index in [1.54, 1.807) is 31.2 Å². The molecule has 1 rings (SSSR count). The second kappa shape index (κ2) is 6.48. The van der Waals surface area contributed by atoms with Crippen LogP contribution in [0.3, 0.4) is 0 Å². The largest absolute Gasteiger partial charge is 0.480 e. The molecule has 0 spiro atoms. The molecular formula is C11H16N2O4S. The number of rotatable bonds is 7. The summed E-state index contributed by atoms with van der Waals surface area (Å²) in [6.07, 6.45) is 0.0980. The molecule has 0 aliphatic carbocycles. The van der Waals surface area contributed by atoms with E-state index in [1.807, 2.05) is 6.07 Å². The van der Waals surface area contributed by atoms with E-state index < -0.39 is 22.2 Å². The zero-order valence-corrected chi connectivity index (χ0v) is 10.8. The molecule has 0 saturated heterocycles. The zero-order chi connectivity index (χ0) is 13.6. The van der Waals surface area contributed by atoms with Crippen molar-refractivity contribution in [2.24, 2.45) is 0 Å². The summed E-state index contributed by atoms with van der Waals surface area (Å²) >= 11 is 0. The maximum atomic E-state index is 11.5. The third-order valence-electron chi connectivity index (χ3n) is 2.21. The van der Waals surface area contributed by atoms with Gasteiger partial charge in [0.05, 0.1) is 0 Å². The van der Waals surface area contributed by atoms with E-state index in [0.717, 1.165) is 5.56 Å². The van der Waals surface area contributed by atoms with Gasteiger partial charge < -0.3 is 5.11 Å².